The van der Waals surface area contributed by atoms with Gasteiger partial charge in [-0.25, -0.2) is 19.6 Å². The molecule has 2 heterocycles. The van der Waals surface area contributed by atoms with Crippen molar-refractivity contribution in [3.8, 4) is 23.3 Å². The molecule has 4 unspecified atom stereocenters. The highest BCUT2D eigenvalue weighted by molar-refractivity contribution is 6.45. The Morgan fingerprint density at radius 1 is 0.556 bits per heavy atom. The Morgan fingerprint density at radius 2 is 0.951 bits per heavy atom. The van der Waals surface area contributed by atoms with Crippen LogP contribution < -0.4 is 10.6 Å². The van der Waals surface area contributed by atoms with Crippen LogP contribution in [0.15, 0.2) is 125 Å². The molecule has 13 nitrogen and oxygen atoms in total. The van der Waals surface area contributed by atoms with Crippen LogP contribution in [0.1, 0.15) is 170 Å². The van der Waals surface area contributed by atoms with Crippen LogP contribution in [0.25, 0.3) is 16.7 Å². The fourth-order valence-electron chi connectivity index (χ4n) is 12.4. The van der Waals surface area contributed by atoms with Crippen LogP contribution in [0.4, 0.5) is 11.6 Å². The predicted octanol–water partition coefficient (Wildman–Crippen LogP) is 14.9. The second-order valence-electron chi connectivity index (χ2n) is 27.0. The van der Waals surface area contributed by atoms with E-state index in [0.717, 1.165) is 25.7 Å². The maximum Gasteiger partial charge on any atom is 0.343 e. The van der Waals surface area contributed by atoms with Gasteiger partial charge in [0, 0.05) is 45.9 Å². The summed E-state index contributed by atoms with van der Waals surface area (Å²) in [6.45, 7) is 30.6. The number of aromatic amines is 1. The molecular weight excluding hydrogens is 1010 g/mol. The molecule has 13 heteroatoms. The number of ether oxygens (including phenoxy) is 2. The number of nitrogens with one attached hydrogen (secondary N) is 3. The minimum Gasteiger partial charge on any atom is -0.458 e. The molecule has 3 aliphatic rings. The van der Waals surface area contributed by atoms with Crippen molar-refractivity contribution < 1.29 is 28.7 Å². The molecule has 0 bridgehead atoms. The van der Waals surface area contributed by atoms with Gasteiger partial charge < -0.3 is 25.1 Å². The lowest BCUT2D eigenvalue weighted by atomic mass is 9.59. The van der Waals surface area contributed by atoms with Crippen LogP contribution in [0.5, 0.6) is 0 Å². The Hall–Kier alpha value is -7.90. The van der Waals surface area contributed by atoms with E-state index in [2.05, 4.69) is 125 Å². The lowest BCUT2D eigenvalue weighted by Crippen LogP contribution is -2.50. The molecule has 422 valence electrons. The number of nitrogens with zero attached hydrogens (tertiary/aromatic N) is 4. The van der Waals surface area contributed by atoms with Gasteiger partial charge in [0.2, 0.25) is 0 Å². The van der Waals surface area contributed by atoms with Gasteiger partial charge in [0.05, 0.1) is 23.3 Å². The normalized spacial score (nSPS) is 23.0. The lowest BCUT2D eigenvalue weighted by molar-refractivity contribution is -0.164. The standard InChI is InChI=1S/C68H79N7O6/c1-39-33-47(65(3,4)5)55(48(34-39)66(6,7)8)80-63(78)53-51(43-29-25-41(37-69)26-30-43)57(72-59(53)74-61(76)45-21-17-15-18-22-45)71-58-52(44-31-27-42(38-70)28-32-44)54(60(73-58)75-62(77)46-23-19-16-20-24-46)64(79)81-56-49(67(9,10)11)35-40(2)36-50(56)68(12,13)14/h15-32,39-40,47-50,55-56,72H,33-36H2,1-14H3,(H,74,76)(H,71,73,75,77). The van der Waals surface area contributed by atoms with Crippen molar-refractivity contribution in [3.05, 3.63) is 148 Å². The second kappa shape index (κ2) is 23.3. The van der Waals surface area contributed by atoms with Gasteiger partial charge in [-0.15, -0.1) is 0 Å². The van der Waals surface area contributed by atoms with Crippen molar-refractivity contribution in [2.24, 2.45) is 67.2 Å². The molecule has 0 spiro atoms. The lowest BCUT2D eigenvalue weighted by Gasteiger charge is -2.50. The summed E-state index contributed by atoms with van der Waals surface area (Å²) in [5.41, 5.74) is 1.56. The van der Waals surface area contributed by atoms with Crippen LogP contribution in [0.3, 0.4) is 0 Å². The Labute approximate surface area is 478 Å². The van der Waals surface area contributed by atoms with Gasteiger partial charge in [-0.05, 0) is 119 Å². The Morgan fingerprint density at radius 3 is 1.36 bits per heavy atom. The van der Waals surface area contributed by atoms with E-state index in [1.807, 2.05) is 0 Å². The Bertz CT molecular complexity index is 3300. The highest BCUT2D eigenvalue weighted by Crippen LogP contribution is 2.52. The highest BCUT2D eigenvalue weighted by Gasteiger charge is 2.51. The summed E-state index contributed by atoms with van der Waals surface area (Å²) in [5.74, 6) is -2.00. The third kappa shape index (κ3) is 13.2. The van der Waals surface area contributed by atoms with Crippen LogP contribution in [0.2, 0.25) is 0 Å². The smallest absolute Gasteiger partial charge is 0.343 e. The summed E-state index contributed by atoms with van der Waals surface area (Å²) in [4.78, 5) is 74.0. The van der Waals surface area contributed by atoms with E-state index >= 15 is 9.59 Å². The number of aromatic nitrogens is 1. The molecule has 4 atom stereocenters. The number of rotatable bonds is 10. The minimum absolute atomic E-state index is 0.00700. The number of anilines is 1. The molecule has 1 aliphatic heterocycles. The number of hydrogen-bond acceptors (Lipinski definition) is 9. The average Bonchev–Trinajstić information content (AvgIpc) is 4.12. The molecule has 5 aromatic rings. The number of hydrogen-bond donors (Lipinski definition) is 3. The highest BCUT2D eigenvalue weighted by atomic mass is 16.5. The van der Waals surface area contributed by atoms with E-state index in [1.165, 1.54) is 0 Å². The molecule has 2 saturated carbocycles. The fourth-order valence-corrected chi connectivity index (χ4v) is 12.4. The van der Waals surface area contributed by atoms with E-state index in [9.17, 15) is 20.1 Å². The number of carbonyl (C=O) groups excluding carboxylic acids is 4. The number of H-pyrrole nitrogens is 1. The maximum absolute atomic E-state index is 15.8. The molecule has 4 aromatic carbocycles. The van der Waals surface area contributed by atoms with Gasteiger partial charge >= 0.3 is 11.9 Å². The monoisotopic (exact) mass is 1090 g/mol. The third-order valence-electron chi connectivity index (χ3n) is 16.8. The molecule has 81 heavy (non-hydrogen) atoms. The first-order chi connectivity index (χ1) is 38.1. The van der Waals surface area contributed by atoms with Gasteiger partial charge in [0.1, 0.15) is 35.0 Å². The van der Waals surface area contributed by atoms with Crippen molar-refractivity contribution in [1.29, 1.82) is 10.5 Å². The van der Waals surface area contributed by atoms with Crippen LogP contribution in [-0.2, 0) is 14.3 Å². The summed E-state index contributed by atoms with van der Waals surface area (Å²) >= 11 is 0. The summed E-state index contributed by atoms with van der Waals surface area (Å²) in [7, 11) is 0. The van der Waals surface area contributed by atoms with Crippen molar-refractivity contribution >= 4 is 52.6 Å². The van der Waals surface area contributed by atoms with Gasteiger partial charge in [-0.3, -0.25) is 9.59 Å². The quantitative estimate of drug-likeness (QED) is 0.115. The molecule has 2 amide bonds. The Balaban J connectivity index is 1.41. The van der Waals surface area contributed by atoms with Crippen molar-refractivity contribution in [1.82, 2.24) is 10.3 Å². The first-order valence-corrected chi connectivity index (χ1v) is 28.4. The number of nitriles is 2. The first-order valence-electron chi connectivity index (χ1n) is 28.4. The average molecular weight is 1090 g/mol. The van der Waals surface area contributed by atoms with Gasteiger partial charge in [0.25, 0.3) is 11.8 Å². The largest absolute Gasteiger partial charge is 0.458 e. The molecule has 1 aromatic heterocycles. The molecule has 8 rings (SSSR count). The fraction of sp³-hybridized carbons (Fsp3) is 0.441. The number of carbonyl (C=O) groups is 4. The molecule has 2 fully saturated rings. The number of aliphatic imine (C=N–C) groups is 2. The second-order valence-corrected chi connectivity index (χ2v) is 27.0. The maximum atomic E-state index is 15.8. The van der Waals surface area contributed by atoms with Gasteiger partial charge in [-0.1, -0.05) is 158 Å². The van der Waals surface area contributed by atoms with E-state index < -0.39 is 36.0 Å². The zero-order valence-electron chi connectivity index (χ0n) is 49.6. The molecule has 2 aliphatic carbocycles. The number of amidine groups is 2. The van der Waals surface area contributed by atoms with E-state index in [-0.39, 0.29) is 90.9 Å². The first kappa shape index (κ1) is 59.2. The SMILES string of the molecule is CC1CC(C(C)(C)C)C(OC(=O)C2=C(c3ccc(C#N)cc3)C(=Nc3[nH]c(NC(=O)c4ccccc4)c(C(=O)OC4C(C(C)(C)C)CC(C)CC4C(C)(C)C)c3-c3ccc(C#N)cc3)N=C2NC(=O)c2ccccc2)C(C(C)(C)C)C1. The molecular formula is C68H79N7O6. The zero-order valence-corrected chi connectivity index (χ0v) is 49.6. The summed E-state index contributed by atoms with van der Waals surface area (Å²) in [6, 6.07) is 34.9. The summed E-state index contributed by atoms with van der Waals surface area (Å²) in [5, 5.41) is 26.0. The third-order valence-corrected chi connectivity index (χ3v) is 16.8. The minimum atomic E-state index is -0.725. The van der Waals surface area contributed by atoms with Gasteiger partial charge in [0.15, 0.2) is 11.7 Å². The van der Waals surface area contributed by atoms with E-state index in [4.69, 9.17) is 19.5 Å². The van der Waals surface area contributed by atoms with Crippen LogP contribution >= 0.6 is 0 Å². The van der Waals surface area contributed by atoms with E-state index in [1.54, 1.807) is 109 Å². The number of amides is 2. The Kier molecular flexibility index (Phi) is 17.0. The van der Waals surface area contributed by atoms with Gasteiger partial charge in [-0.2, -0.15) is 10.5 Å². The number of benzene rings is 4. The summed E-state index contributed by atoms with van der Waals surface area (Å²) in [6.07, 6.45) is 2.28. The van der Waals surface area contributed by atoms with Crippen molar-refractivity contribution in [3.63, 3.8) is 0 Å². The van der Waals surface area contributed by atoms with Crippen molar-refractivity contribution in [2.75, 3.05) is 5.32 Å². The predicted molar refractivity (Wildman–Crippen MR) is 320 cm³/mol. The van der Waals surface area contributed by atoms with Crippen LogP contribution in [0, 0.1) is 79.8 Å². The van der Waals surface area contributed by atoms with E-state index in [0.29, 0.717) is 45.2 Å². The molecule has 0 saturated heterocycles. The molecule has 3 N–H and O–H groups in total. The number of esters is 2. The van der Waals surface area contributed by atoms with Crippen molar-refractivity contribution in [2.45, 2.75) is 135 Å². The topological polar surface area (TPSA) is 199 Å². The zero-order chi connectivity index (χ0) is 58.9. The molecule has 0 radical (unpaired) electrons. The van der Waals surface area contributed by atoms with Crippen LogP contribution in [-0.4, -0.2) is 52.6 Å². The summed E-state index contributed by atoms with van der Waals surface area (Å²) < 4.78 is 13.9.